The number of hydrogen-bond donors (Lipinski definition) is 3. The fourth-order valence-electron chi connectivity index (χ4n) is 3.29. The summed E-state index contributed by atoms with van der Waals surface area (Å²) in [6.45, 7) is 1.66. The van der Waals surface area contributed by atoms with Gasteiger partial charge in [0.05, 0.1) is 41.3 Å². The normalized spacial score (nSPS) is 11.3. The number of carboxylic acids is 1. The van der Waals surface area contributed by atoms with Gasteiger partial charge >= 0.3 is 5.97 Å². The average Bonchev–Trinajstić information content (AvgIpc) is 2.54. The molecule has 146 valence electrons. The molecule has 0 spiro atoms. The SMILES string of the molecule is C[NH+](C)CCC(CC[NH+](C)C)(C(=O)O)c1cccc2ccccc12.[Cl-].[Cl-]. The van der Waals surface area contributed by atoms with Crippen LogP contribution in [-0.4, -0.2) is 52.4 Å². The molecule has 26 heavy (non-hydrogen) atoms. The van der Waals surface area contributed by atoms with Crippen LogP contribution in [0.3, 0.4) is 0 Å². The molecule has 0 aliphatic heterocycles. The summed E-state index contributed by atoms with van der Waals surface area (Å²) >= 11 is 0. The van der Waals surface area contributed by atoms with Crippen LogP contribution >= 0.6 is 0 Å². The number of hydrogen-bond acceptors (Lipinski definition) is 1. The van der Waals surface area contributed by atoms with Gasteiger partial charge in [0.1, 0.15) is 5.41 Å². The predicted octanol–water partition coefficient (Wildman–Crippen LogP) is -5.76. The van der Waals surface area contributed by atoms with Gasteiger partial charge in [0.15, 0.2) is 0 Å². The number of aliphatic carboxylic acids is 1. The Morgan fingerprint density at radius 3 is 1.88 bits per heavy atom. The van der Waals surface area contributed by atoms with Crippen LogP contribution < -0.4 is 34.6 Å². The highest BCUT2D eigenvalue weighted by molar-refractivity contribution is 5.93. The molecule has 2 rings (SSSR count). The van der Waals surface area contributed by atoms with E-state index in [1.54, 1.807) is 0 Å². The monoisotopic (exact) mass is 400 g/mol. The third kappa shape index (κ3) is 5.58. The van der Waals surface area contributed by atoms with Crippen LogP contribution in [0, 0.1) is 0 Å². The van der Waals surface area contributed by atoms with E-state index in [-0.39, 0.29) is 24.8 Å². The van der Waals surface area contributed by atoms with Gasteiger partial charge < -0.3 is 39.7 Å². The molecule has 2 aromatic rings. The van der Waals surface area contributed by atoms with Crippen molar-refractivity contribution in [1.29, 1.82) is 0 Å². The van der Waals surface area contributed by atoms with Gasteiger partial charge in [-0.25, -0.2) is 0 Å². The van der Waals surface area contributed by atoms with E-state index in [1.165, 1.54) is 9.80 Å². The Kier molecular flexibility index (Phi) is 10.2. The van der Waals surface area contributed by atoms with E-state index in [2.05, 4.69) is 40.3 Å². The molecule has 6 heteroatoms. The Morgan fingerprint density at radius 1 is 0.885 bits per heavy atom. The molecule has 0 radical (unpaired) electrons. The topological polar surface area (TPSA) is 46.2 Å². The van der Waals surface area contributed by atoms with Crippen LogP contribution in [0.5, 0.6) is 0 Å². The first-order valence-electron chi connectivity index (χ1n) is 8.66. The van der Waals surface area contributed by atoms with E-state index in [4.69, 9.17) is 0 Å². The van der Waals surface area contributed by atoms with Crippen molar-refractivity contribution in [1.82, 2.24) is 0 Å². The van der Waals surface area contributed by atoms with Crippen LogP contribution in [0.1, 0.15) is 18.4 Å². The summed E-state index contributed by atoms with van der Waals surface area (Å²) in [6.07, 6.45) is 1.29. The highest BCUT2D eigenvalue weighted by Crippen LogP contribution is 2.36. The number of benzene rings is 2. The Morgan fingerprint density at radius 2 is 1.38 bits per heavy atom. The van der Waals surface area contributed by atoms with Crippen LogP contribution in [0.4, 0.5) is 0 Å². The van der Waals surface area contributed by atoms with E-state index in [0.717, 1.165) is 29.4 Å². The van der Waals surface area contributed by atoms with E-state index in [1.807, 2.05) is 30.3 Å². The van der Waals surface area contributed by atoms with Gasteiger partial charge in [0.2, 0.25) is 0 Å². The first kappa shape index (κ1) is 24.7. The average molecular weight is 401 g/mol. The molecule has 0 atom stereocenters. The number of carbonyl (C=O) groups is 1. The zero-order valence-electron chi connectivity index (χ0n) is 16.0. The van der Waals surface area contributed by atoms with Gasteiger partial charge in [-0.05, 0) is 16.3 Å². The second-order valence-electron chi connectivity index (χ2n) is 7.33. The Hall–Kier alpha value is -1.33. The minimum Gasteiger partial charge on any atom is -1.00 e. The fourth-order valence-corrected chi connectivity index (χ4v) is 3.29. The lowest BCUT2D eigenvalue weighted by Gasteiger charge is -2.31. The molecular formula is C20H30Cl2N2O2. The maximum absolute atomic E-state index is 12.5. The van der Waals surface area contributed by atoms with Crippen LogP contribution in [-0.2, 0) is 10.2 Å². The fraction of sp³-hybridized carbons (Fsp3) is 0.450. The van der Waals surface area contributed by atoms with Gasteiger partial charge in [-0.15, -0.1) is 0 Å². The molecule has 0 bridgehead atoms. The molecule has 0 aromatic heterocycles. The number of carboxylic acid groups (broad SMARTS) is 1. The van der Waals surface area contributed by atoms with Gasteiger partial charge in [-0.1, -0.05) is 42.5 Å². The predicted molar refractivity (Wildman–Crippen MR) is 97.9 cm³/mol. The minimum atomic E-state index is -0.838. The third-order valence-electron chi connectivity index (χ3n) is 4.82. The highest BCUT2D eigenvalue weighted by Gasteiger charge is 2.42. The summed E-state index contributed by atoms with van der Waals surface area (Å²) in [5.74, 6) is -0.707. The van der Waals surface area contributed by atoms with Crippen molar-refractivity contribution < 1.29 is 44.5 Å². The molecule has 0 saturated carbocycles. The number of fused-ring (bicyclic) bond motifs is 1. The zero-order valence-corrected chi connectivity index (χ0v) is 17.5. The number of quaternary nitrogens is 2. The van der Waals surface area contributed by atoms with Crippen molar-refractivity contribution in [3.8, 4) is 0 Å². The number of nitrogens with one attached hydrogen (secondary N) is 2. The van der Waals surface area contributed by atoms with Crippen molar-refractivity contribution in [3.05, 3.63) is 48.0 Å². The van der Waals surface area contributed by atoms with Crippen LogP contribution in [0.15, 0.2) is 42.5 Å². The van der Waals surface area contributed by atoms with E-state index >= 15 is 0 Å². The summed E-state index contributed by atoms with van der Waals surface area (Å²) in [5, 5.41) is 12.4. The first-order chi connectivity index (χ1) is 11.4. The third-order valence-corrected chi connectivity index (χ3v) is 4.82. The lowest BCUT2D eigenvalue weighted by Crippen LogP contribution is -3.06. The number of halogens is 2. The minimum absolute atomic E-state index is 0. The molecule has 0 heterocycles. The number of rotatable bonds is 8. The highest BCUT2D eigenvalue weighted by atomic mass is 35.5. The molecular weight excluding hydrogens is 371 g/mol. The second-order valence-corrected chi connectivity index (χ2v) is 7.33. The molecule has 0 aliphatic rings. The smallest absolute Gasteiger partial charge is 0.314 e. The Balaban J connectivity index is 0.00000312. The quantitative estimate of drug-likeness (QED) is 0.413. The molecule has 0 saturated heterocycles. The largest absolute Gasteiger partial charge is 1.00 e. The van der Waals surface area contributed by atoms with Crippen LogP contribution in [0.2, 0.25) is 0 Å². The van der Waals surface area contributed by atoms with Crippen molar-refractivity contribution in [2.45, 2.75) is 18.3 Å². The van der Waals surface area contributed by atoms with Gasteiger partial charge in [-0.2, -0.15) is 0 Å². The van der Waals surface area contributed by atoms with Crippen molar-refractivity contribution in [2.75, 3.05) is 41.3 Å². The zero-order chi connectivity index (χ0) is 17.7. The van der Waals surface area contributed by atoms with Gasteiger partial charge in [0, 0.05) is 12.8 Å². The standard InChI is InChI=1S/C20H28N2O2.2ClH/c1-21(2)14-12-20(19(23)24,13-15-22(3)4)18-11-7-9-16-8-5-6-10-17(16)18;;/h5-11H,12-15H2,1-4H3,(H,23,24);2*1H. The molecule has 4 nitrogen and oxygen atoms in total. The second kappa shape index (κ2) is 10.7. The Labute approximate surface area is 169 Å². The molecule has 0 amide bonds. The molecule has 0 aliphatic carbocycles. The maximum Gasteiger partial charge on any atom is 0.314 e. The van der Waals surface area contributed by atoms with E-state index in [9.17, 15) is 9.90 Å². The molecule has 0 unspecified atom stereocenters. The summed E-state index contributed by atoms with van der Waals surface area (Å²) in [5.41, 5.74) is 0.116. The van der Waals surface area contributed by atoms with Crippen LogP contribution in [0.25, 0.3) is 10.8 Å². The van der Waals surface area contributed by atoms with Crippen molar-refractivity contribution in [2.24, 2.45) is 0 Å². The summed E-state index contributed by atoms with van der Waals surface area (Å²) in [7, 11) is 8.31. The molecule has 3 N–H and O–H groups in total. The summed E-state index contributed by atoms with van der Waals surface area (Å²) < 4.78 is 0. The Bertz CT molecular complexity index is 688. The summed E-state index contributed by atoms with van der Waals surface area (Å²) in [4.78, 5) is 15.0. The van der Waals surface area contributed by atoms with Crippen molar-refractivity contribution >= 4 is 16.7 Å². The summed E-state index contributed by atoms with van der Waals surface area (Å²) in [6, 6.07) is 14.1. The van der Waals surface area contributed by atoms with E-state index < -0.39 is 11.4 Å². The maximum atomic E-state index is 12.5. The van der Waals surface area contributed by atoms with Crippen molar-refractivity contribution in [3.63, 3.8) is 0 Å². The molecule has 0 fully saturated rings. The van der Waals surface area contributed by atoms with Gasteiger partial charge in [-0.3, -0.25) is 4.79 Å². The lowest BCUT2D eigenvalue weighted by molar-refractivity contribution is -0.861. The lowest BCUT2D eigenvalue weighted by atomic mass is 9.73. The molecule has 2 aromatic carbocycles. The first-order valence-corrected chi connectivity index (χ1v) is 8.66. The van der Waals surface area contributed by atoms with E-state index in [0.29, 0.717) is 12.8 Å². The van der Waals surface area contributed by atoms with Gasteiger partial charge in [0.25, 0.3) is 0 Å².